The van der Waals surface area contributed by atoms with Gasteiger partial charge in [0.15, 0.2) is 5.82 Å². The molecule has 3 heterocycles. The molecule has 0 saturated carbocycles. The van der Waals surface area contributed by atoms with Crippen molar-refractivity contribution in [3.63, 3.8) is 0 Å². The third-order valence-electron chi connectivity index (χ3n) is 3.08. The van der Waals surface area contributed by atoms with E-state index >= 15 is 0 Å². The summed E-state index contributed by atoms with van der Waals surface area (Å²) in [6.07, 6.45) is 4.77. The van der Waals surface area contributed by atoms with Gasteiger partial charge in [-0.05, 0) is 41.1 Å². The van der Waals surface area contributed by atoms with Crippen molar-refractivity contribution in [1.29, 1.82) is 0 Å². The van der Waals surface area contributed by atoms with Crippen LogP contribution in [0, 0.1) is 9.65 Å². The lowest BCUT2D eigenvalue weighted by atomic mass is 10.2. The standard InChI is InChI=1S/C15H13FIN5O/c1-2-4-10-14(17)18-9-19-15(10)23-13-7-8-20-22(13)12-6-3-5-11(16)21-12/h3,5-9H,2,4H2,1H3. The second-order valence-electron chi connectivity index (χ2n) is 4.70. The van der Waals surface area contributed by atoms with E-state index in [2.05, 4.69) is 49.6 Å². The highest BCUT2D eigenvalue weighted by atomic mass is 127. The zero-order valence-corrected chi connectivity index (χ0v) is 14.4. The van der Waals surface area contributed by atoms with E-state index in [-0.39, 0.29) is 0 Å². The van der Waals surface area contributed by atoms with E-state index in [4.69, 9.17) is 4.74 Å². The quantitative estimate of drug-likeness (QED) is 0.356. The van der Waals surface area contributed by atoms with Gasteiger partial charge in [0, 0.05) is 11.6 Å². The molecule has 0 bridgehead atoms. The molecule has 0 aliphatic carbocycles. The van der Waals surface area contributed by atoms with Crippen molar-refractivity contribution in [2.45, 2.75) is 19.8 Å². The minimum atomic E-state index is -0.577. The van der Waals surface area contributed by atoms with Crippen LogP contribution in [-0.4, -0.2) is 24.7 Å². The van der Waals surface area contributed by atoms with Crippen LogP contribution in [0.4, 0.5) is 4.39 Å². The molecule has 3 aromatic rings. The second-order valence-corrected chi connectivity index (χ2v) is 5.72. The lowest BCUT2D eigenvalue weighted by molar-refractivity contribution is 0.417. The van der Waals surface area contributed by atoms with Crippen LogP contribution in [0.15, 0.2) is 36.8 Å². The minimum Gasteiger partial charge on any atom is -0.420 e. The van der Waals surface area contributed by atoms with Gasteiger partial charge in [0.25, 0.3) is 0 Å². The lowest BCUT2D eigenvalue weighted by Gasteiger charge is -2.11. The smallest absolute Gasteiger partial charge is 0.228 e. The Morgan fingerprint density at radius 1 is 1.26 bits per heavy atom. The molecule has 0 radical (unpaired) electrons. The van der Waals surface area contributed by atoms with Gasteiger partial charge in [0.05, 0.1) is 6.20 Å². The first kappa shape index (κ1) is 15.8. The van der Waals surface area contributed by atoms with E-state index in [1.54, 1.807) is 24.4 Å². The molecular formula is C15H13FIN5O. The molecule has 0 N–H and O–H groups in total. The maximum absolute atomic E-state index is 13.3. The van der Waals surface area contributed by atoms with Crippen LogP contribution in [-0.2, 0) is 6.42 Å². The molecule has 3 rings (SSSR count). The van der Waals surface area contributed by atoms with Crippen molar-refractivity contribution in [2.24, 2.45) is 0 Å². The van der Waals surface area contributed by atoms with Gasteiger partial charge in [-0.1, -0.05) is 19.4 Å². The lowest BCUT2D eigenvalue weighted by Crippen LogP contribution is -2.05. The molecule has 0 aliphatic heterocycles. The van der Waals surface area contributed by atoms with Crippen molar-refractivity contribution in [3.8, 4) is 17.6 Å². The summed E-state index contributed by atoms with van der Waals surface area (Å²) in [5.74, 6) is 0.650. The van der Waals surface area contributed by atoms with Crippen LogP contribution in [0.2, 0.25) is 0 Å². The number of hydrogen-bond acceptors (Lipinski definition) is 5. The van der Waals surface area contributed by atoms with Crippen molar-refractivity contribution >= 4 is 22.6 Å². The van der Waals surface area contributed by atoms with Gasteiger partial charge in [0.2, 0.25) is 17.7 Å². The summed E-state index contributed by atoms with van der Waals surface area (Å²) >= 11 is 2.16. The first-order valence-corrected chi connectivity index (χ1v) is 8.11. The van der Waals surface area contributed by atoms with E-state index in [1.807, 2.05) is 0 Å². The number of pyridine rings is 1. The monoisotopic (exact) mass is 425 g/mol. The number of nitrogens with zero attached hydrogens (tertiary/aromatic N) is 5. The van der Waals surface area contributed by atoms with E-state index in [0.29, 0.717) is 17.6 Å². The Hall–Kier alpha value is -2.10. The van der Waals surface area contributed by atoms with Gasteiger partial charge in [-0.3, -0.25) is 0 Å². The van der Waals surface area contributed by atoms with Crippen LogP contribution in [0.5, 0.6) is 11.8 Å². The highest BCUT2D eigenvalue weighted by Crippen LogP contribution is 2.27. The third kappa shape index (κ3) is 3.46. The average Bonchev–Trinajstić information content (AvgIpc) is 2.99. The van der Waals surface area contributed by atoms with Crippen molar-refractivity contribution in [2.75, 3.05) is 0 Å². The first-order valence-electron chi connectivity index (χ1n) is 7.03. The fraction of sp³-hybridized carbons (Fsp3) is 0.200. The highest BCUT2D eigenvalue weighted by Gasteiger charge is 2.15. The van der Waals surface area contributed by atoms with Crippen LogP contribution < -0.4 is 4.74 Å². The molecular weight excluding hydrogens is 412 g/mol. The molecule has 0 unspecified atom stereocenters. The Labute approximate surface area is 145 Å². The van der Waals surface area contributed by atoms with Gasteiger partial charge >= 0.3 is 0 Å². The summed E-state index contributed by atoms with van der Waals surface area (Å²) in [6, 6.07) is 6.18. The average molecular weight is 425 g/mol. The minimum absolute atomic E-state index is 0.339. The van der Waals surface area contributed by atoms with Crippen LogP contribution in [0.1, 0.15) is 18.9 Å². The summed E-state index contributed by atoms with van der Waals surface area (Å²) in [6.45, 7) is 2.08. The summed E-state index contributed by atoms with van der Waals surface area (Å²) in [7, 11) is 0. The molecule has 6 nitrogen and oxygen atoms in total. The highest BCUT2D eigenvalue weighted by molar-refractivity contribution is 14.1. The molecule has 118 valence electrons. The summed E-state index contributed by atoms with van der Waals surface area (Å²) in [5.41, 5.74) is 0.940. The van der Waals surface area contributed by atoms with E-state index in [9.17, 15) is 4.39 Å². The third-order valence-corrected chi connectivity index (χ3v) is 4.01. The SMILES string of the molecule is CCCc1c(I)ncnc1Oc1ccnn1-c1cccc(F)n1. The number of aromatic nitrogens is 5. The van der Waals surface area contributed by atoms with Crippen molar-refractivity contribution in [3.05, 3.63) is 52.0 Å². The predicted octanol–water partition coefficient (Wildman–Crippen LogP) is 3.55. The van der Waals surface area contributed by atoms with Crippen LogP contribution in [0.25, 0.3) is 5.82 Å². The zero-order valence-electron chi connectivity index (χ0n) is 12.3. The fourth-order valence-corrected chi connectivity index (χ4v) is 2.70. The molecule has 3 aromatic heterocycles. The van der Waals surface area contributed by atoms with Gasteiger partial charge in [-0.25, -0.2) is 15.0 Å². The molecule has 23 heavy (non-hydrogen) atoms. The van der Waals surface area contributed by atoms with Crippen LogP contribution in [0.3, 0.4) is 0 Å². The topological polar surface area (TPSA) is 65.7 Å². The second kappa shape index (κ2) is 6.99. The van der Waals surface area contributed by atoms with Crippen LogP contribution >= 0.6 is 22.6 Å². The van der Waals surface area contributed by atoms with E-state index < -0.39 is 5.95 Å². The fourth-order valence-electron chi connectivity index (χ4n) is 2.08. The molecule has 0 atom stereocenters. The molecule has 0 aromatic carbocycles. The van der Waals surface area contributed by atoms with Gasteiger partial charge in [0.1, 0.15) is 10.0 Å². The maximum Gasteiger partial charge on any atom is 0.228 e. The molecule has 0 amide bonds. The van der Waals surface area contributed by atoms with Crippen molar-refractivity contribution < 1.29 is 9.13 Å². The molecule has 0 spiro atoms. The van der Waals surface area contributed by atoms with Gasteiger partial charge < -0.3 is 4.74 Å². The Balaban J connectivity index is 1.97. The summed E-state index contributed by atoms with van der Waals surface area (Å²) in [5, 5.41) is 4.14. The number of ether oxygens (including phenoxy) is 1. The Bertz CT molecular complexity index is 823. The molecule has 8 heteroatoms. The first-order chi connectivity index (χ1) is 11.2. The largest absolute Gasteiger partial charge is 0.420 e. The van der Waals surface area contributed by atoms with Gasteiger partial charge in [-0.15, -0.1) is 0 Å². The number of rotatable bonds is 5. The Kier molecular flexibility index (Phi) is 4.79. The van der Waals surface area contributed by atoms with Gasteiger partial charge in [-0.2, -0.15) is 14.2 Å². The number of hydrogen-bond donors (Lipinski definition) is 0. The van der Waals surface area contributed by atoms with E-state index in [0.717, 1.165) is 22.1 Å². The molecule has 0 fully saturated rings. The normalized spacial score (nSPS) is 10.7. The predicted molar refractivity (Wildman–Crippen MR) is 90.1 cm³/mol. The Morgan fingerprint density at radius 2 is 2.13 bits per heavy atom. The zero-order chi connectivity index (χ0) is 16.2. The van der Waals surface area contributed by atoms with Crippen molar-refractivity contribution in [1.82, 2.24) is 24.7 Å². The maximum atomic E-state index is 13.3. The molecule has 0 aliphatic rings. The van der Waals surface area contributed by atoms with E-state index in [1.165, 1.54) is 17.1 Å². The summed E-state index contributed by atoms with van der Waals surface area (Å²) in [4.78, 5) is 12.2. The Morgan fingerprint density at radius 3 is 2.91 bits per heavy atom. The molecule has 0 saturated heterocycles. The number of halogens is 2. The summed E-state index contributed by atoms with van der Waals surface area (Å²) < 4.78 is 21.5.